The molecule has 0 aliphatic carbocycles. The zero-order chi connectivity index (χ0) is 12.3. The van der Waals surface area contributed by atoms with Crippen LogP contribution in [-0.2, 0) is 4.79 Å². The van der Waals surface area contributed by atoms with Gasteiger partial charge in [0.15, 0.2) is 5.54 Å². The lowest BCUT2D eigenvalue weighted by Crippen LogP contribution is -2.61. The summed E-state index contributed by atoms with van der Waals surface area (Å²) in [6.45, 7) is 1.65. The molecule has 1 heterocycles. The number of alkyl halides is 2. The average Bonchev–Trinajstić information content (AvgIpc) is 2.71. The molecule has 1 rings (SSSR count). The highest BCUT2D eigenvalue weighted by Crippen LogP contribution is 2.32. The first-order valence-electron chi connectivity index (χ1n) is 4.79. The first-order valence-corrected chi connectivity index (χ1v) is 4.79. The number of nitrogens with one attached hydrogen (secondary N) is 1. The fraction of sp³-hybridized carbons (Fsp3) is 0.556. The monoisotopic (exact) mass is 232 g/mol. The minimum atomic E-state index is -3.03. The summed E-state index contributed by atoms with van der Waals surface area (Å²) in [6, 6.07) is 0. The second kappa shape index (κ2) is 4.56. The Morgan fingerprint density at radius 1 is 1.69 bits per heavy atom. The van der Waals surface area contributed by atoms with E-state index in [9.17, 15) is 13.6 Å². The number of hydrogen-bond donors (Lipinski definition) is 3. The van der Waals surface area contributed by atoms with Gasteiger partial charge in [-0.3, -0.25) is 4.79 Å². The number of H-pyrrole nitrogens is 1. The number of nitrogens with two attached hydrogens (primary N) is 2. The number of nitrogens with zero attached hydrogens (tertiary/aromatic N) is 1. The van der Waals surface area contributed by atoms with E-state index in [1.165, 1.54) is 12.5 Å². The normalized spacial score (nSPS) is 17.1. The third kappa shape index (κ3) is 1.90. The molecule has 0 bridgehead atoms. The number of aromatic nitrogens is 2. The van der Waals surface area contributed by atoms with Crippen molar-refractivity contribution in [2.24, 2.45) is 11.5 Å². The predicted molar refractivity (Wildman–Crippen MR) is 53.7 cm³/mol. The summed E-state index contributed by atoms with van der Waals surface area (Å²) in [5.41, 5.74) is 8.44. The molecule has 0 aromatic carbocycles. The van der Waals surface area contributed by atoms with E-state index in [1.54, 1.807) is 6.92 Å². The SMILES string of the molecule is CCC(c1cnc[nH]1)C(N)(C(N)=O)C(F)F. The Balaban J connectivity index is 3.15. The first-order chi connectivity index (χ1) is 7.44. The van der Waals surface area contributed by atoms with Gasteiger partial charge >= 0.3 is 0 Å². The highest BCUT2D eigenvalue weighted by molar-refractivity contribution is 5.86. The van der Waals surface area contributed by atoms with Crippen molar-refractivity contribution in [3.8, 4) is 0 Å². The Hall–Kier alpha value is -1.50. The number of rotatable bonds is 5. The van der Waals surface area contributed by atoms with Crippen LogP contribution in [-0.4, -0.2) is 27.8 Å². The van der Waals surface area contributed by atoms with Gasteiger partial charge in [0, 0.05) is 17.8 Å². The standard InChI is InChI=1S/C9H14F2N4O/c1-2-5(6-3-14-4-15-6)9(13,7(10)11)8(12)16/h3-5,7H,2,13H2,1H3,(H2,12,16)(H,14,15). The van der Waals surface area contributed by atoms with Crippen LogP contribution in [0.15, 0.2) is 12.5 Å². The highest BCUT2D eigenvalue weighted by Gasteiger charge is 2.49. The van der Waals surface area contributed by atoms with Gasteiger partial charge in [-0.1, -0.05) is 6.92 Å². The molecule has 1 amide bonds. The van der Waals surface area contributed by atoms with Crippen LogP contribution >= 0.6 is 0 Å². The Kier molecular flexibility index (Phi) is 3.58. The van der Waals surface area contributed by atoms with Crippen LogP contribution in [0.5, 0.6) is 0 Å². The van der Waals surface area contributed by atoms with E-state index < -0.39 is 23.8 Å². The van der Waals surface area contributed by atoms with Gasteiger partial charge in [-0.15, -0.1) is 0 Å². The molecular weight excluding hydrogens is 218 g/mol. The highest BCUT2D eigenvalue weighted by atomic mass is 19.3. The van der Waals surface area contributed by atoms with Gasteiger partial charge in [-0.25, -0.2) is 13.8 Å². The Bertz CT molecular complexity index is 354. The van der Waals surface area contributed by atoms with E-state index >= 15 is 0 Å². The second-order valence-electron chi connectivity index (χ2n) is 3.57. The van der Waals surface area contributed by atoms with Crippen molar-refractivity contribution in [1.82, 2.24) is 9.97 Å². The van der Waals surface area contributed by atoms with E-state index in [4.69, 9.17) is 11.5 Å². The topological polar surface area (TPSA) is 97.8 Å². The number of hydrogen-bond acceptors (Lipinski definition) is 3. The van der Waals surface area contributed by atoms with E-state index in [2.05, 4.69) is 9.97 Å². The van der Waals surface area contributed by atoms with Crippen LogP contribution in [0, 0.1) is 0 Å². The molecule has 2 unspecified atom stereocenters. The van der Waals surface area contributed by atoms with E-state index in [0.717, 1.165) is 0 Å². The predicted octanol–water partition coefficient (Wildman–Crippen LogP) is 0.351. The largest absolute Gasteiger partial charge is 0.368 e. The quantitative estimate of drug-likeness (QED) is 0.683. The fourth-order valence-corrected chi connectivity index (χ4v) is 1.70. The summed E-state index contributed by atoms with van der Waals surface area (Å²) in [6.07, 6.45) is -0.0731. The van der Waals surface area contributed by atoms with Crippen LogP contribution in [0.1, 0.15) is 25.0 Å². The molecule has 0 aliphatic rings. The van der Waals surface area contributed by atoms with Crippen molar-refractivity contribution in [3.63, 3.8) is 0 Å². The van der Waals surface area contributed by atoms with E-state index in [-0.39, 0.29) is 6.42 Å². The molecule has 5 nitrogen and oxygen atoms in total. The van der Waals surface area contributed by atoms with E-state index in [0.29, 0.717) is 5.69 Å². The first kappa shape index (κ1) is 12.6. The van der Waals surface area contributed by atoms with Gasteiger partial charge in [0.2, 0.25) is 5.91 Å². The maximum atomic E-state index is 12.9. The molecule has 0 saturated carbocycles. The maximum absolute atomic E-state index is 12.9. The van der Waals surface area contributed by atoms with Crippen LogP contribution < -0.4 is 11.5 Å². The Morgan fingerprint density at radius 3 is 2.62 bits per heavy atom. The number of aromatic amines is 1. The molecule has 16 heavy (non-hydrogen) atoms. The molecule has 1 aromatic rings. The lowest BCUT2D eigenvalue weighted by molar-refractivity contribution is -0.130. The van der Waals surface area contributed by atoms with Gasteiger partial charge < -0.3 is 16.5 Å². The van der Waals surface area contributed by atoms with Gasteiger partial charge in [0.25, 0.3) is 6.43 Å². The van der Waals surface area contributed by atoms with Crippen molar-refractivity contribution in [1.29, 1.82) is 0 Å². The molecule has 5 N–H and O–H groups in total. The number of primary amides is 1. The molecule has 90 valence electrons. The van der Waals surface area contributed by atoms with Crippen molar-refractivity contribution < 1.29 is 13.6 Å². The molecular formula is C9H14F2N4O. The number of imidazole rings is 1. The summed E-state index contributed by atoms with van der Waals surface area (Å²) in [7, 11) is 0. The number of carbonyl (C=O) groups is 1. The van der Waals surface area contributed by atoms with Gasteiger partial charge in [0.05, 0.1) is 6.33 Å². The van der Waals surface area contributed by atoms with E-state index in [1.807, 2.05) is 0 Å². The van der Waals surface area contributed by atoms with Crippen molar-refractivity contribution in [3.05, 3.63) is 18.2 Å². The third-order valence-corrected chi connectivity index (χ3v) is 2.67. The molecule has 2 atom stereocenters. The smallest absolute Gasteiger partial charge is 0.265 e. The van der Waals surface area contributed by atoms with Crippen LogP contribution in [0.4, 0.5) is 8.78 Å². The summed E-state index contributed by atoms with van der Waals surface area (Å²) < 4.78 is 25.8. The Morgan fingerprint density at radius 2 is 2.31 bits per heavy atom. The molecule has 0 radical (unpaired) electrons. The van der Waals surface area contributed by atoms with Crippen LogP contribution in [0.2, 0.25) is 0 Å². The van der Waals surface area contributed by atoms with Gasteiger partial charge in [0.1, 0.15) is 0 Å². The zero-order valence-corrected chi connectivity index (χ0v) is 8.78. The molecule has 0 fully saturated rings. The van der Waals surface area contributed by atoms with Crippen LogP contribution in [0.25, 0.3) is 0 Å². The molecule has 7 heteroatoms. The Labute approximate surface area is 91.2 Å². The minimum absolute atomic E-state index is 0.256. The summed E-state index contributed by atoms with van der Waals surface area (Å²) >= 11 is 0. The average molecular weight is 232 g/mol. The van der Waals surface area contributed by atoms with Crippen LogP contribution in [0.3, 0.4) is 0 Å². The van der Waals surface area contributed by atoms with Crippen molar-refractivity contribution in [2.45, 2.75) is 31.2 Å². The number of halogens is 2. The van der Waals surface area contributed by atoms with Crippen molar-refractivity contribution >= 4 is 5.91 Å². The lowest BCUT2D eigenvalue weighted by atomic mass is 9.80. The minimum Gasteiger partial charge on any atom is -0.368 e. The third-order valence-electron chi connectivity index (χ3n) is 2.67. The van der Waals surface area contributed by atoms with Crippen molar-refractivity contribution in [2.75, 3.05) is 0 Å². The molecule has 0 aliphatic heterocycles. The summed E-state index contributed by atoms with van der Waals surface area (Å²) in [5.74, 6) is -2.10. The molecule has 0 saturated heterocycles. The molecule has 0 spiro atoms. The maximum Gasteiger partial charge on any atom is 0.265 e. The lowest BCUT2D eigenvalue weighted by Gasteiger charge is -2.32. The van der Waals surface area contributed by atoms with Gasteiger partial charge in [-0.2, -0.15) is 0 Å². The summed E-state index contributed by atoms with van der Waals surface area (Å²) in [5, 5.41) is 0. The fourth-order valence-electron chi connectivity index (χ4n) is 1.70. The number of amides is 1. The molecule has 1 aromatic heterocycles. The van der Waals surface area contributed by atoms with Gasteiger partial charge in [-0.05, 0) is 6.42 Å². The number of carbonyl (C=O) groups excluding carboxylic acids is 1. The second-order valence-corrected chi connectivity index (χ2v) is 3.57. The zero-order valence-electron chi connectivity index (χ0n) is 8.78. The summed E-state index contributed by atoms with van der Waals surface area (Å²) in [4.78, 5) is 17.5.